The molecular formula is C26H29FN2O6S. The molecule has 192 valence electrons. The molecule has 2 aromatic carbocycles. The zero-order chi connectivity index (χ0) is 25.9. The van der Waals surface area contributed by atoms with E-state index in [9.17, 15) is 27.5 Å². The van der Waals surface area contributed by atoms with Gasteiger partial charge in [0.05, 0.1) is 16.5 Å². The van der Waals surface area contributed by atoms with E-state index in [4.69, 9.17) is 4.74 Å². The van der Waals surface area contributed by atoms with Gasteiger partial charge >= 0.3 is 0 Å². The maximum atomic E-state index is 14.8. The Morgan fingerprint density at radius 1 is 1.06 bits per heavy atom. The number of carbonyl (C=O) groups excluding carboxylic acids is 2. The van der Waals surface area contributed by atoms with Crippen LogP contribution < -0.4 is 0 Å². The Morgan fingerprint density at radius 3 is 2.36 bits per heavy atom. The fraction of sp³-hybridized carbons (Fsp3) is 0.385. The number of likely N-dealkylation sites (tertiary alicyclic amines) is 1. The number of Topliss-reactive ketones (excluding diaryl/α,β-unsaturated/α-hetero) is 1. The lowest BCUT2D eigenvalue weighted by Gasteiger charge is -2.26. The number of ether oxygens (including phenoxy) is 1. The Morgan fingerprint density at radius 2 is 1.72 bits per heavy atom. The molecule has 0 bridgehead atoms. The number of carbonyl (C=O) groups is 2. The van der Waals surface area contributed by atoms with Gasteiger partial charge in [-0.05, 0) is 49.6 Å². The summed E-state index contributed by atoms with van der Waals surface area (Å²) in [4.78, 5) is 27.2. The first-order valence-corrected chi connectivity index (χ1v) is 13.3. The molecule has 0 aromatic heterocycles. The van der Waals surface area contributed by atoms with E-state index in [1.165, 1.54) is 58.8 Å². The molecule has 10 heteroatoms. The van der Waals surface area contributed by atoms with Gasteiger partial charge in [0.15, 0.2) is 0 Å². The van der Waals surface area contributed by atoms with Crippen LogP contribution in [0.1, 0.15) is 42.9 Å². The number of piperidine rings is 1. The number of ketones is 1. The van der Waals surface area contributed by atoms with Crippen molar-refractivity contribution in [2.75, 3.05) is 33.4 Å². The molecule has 0 aliphatic carbocycles. The van der Waals surface area contributed by atoms with E-state index in [2.05, 4.69) is 0 Å². The molecule has 1 N–H and O–H groups in total. The highest BCUT2D eigenvalue weighted by molar-refractivity contribution is 7.89. The molecule has 0 radical (unpaired) electrons. The van der Waals surface area contributed by atoms with Crippen LogP contribution >= 0.6 is 0 Å². The van der Waals surface area contributed by atoms with Crippen molar-refractivity contribution in [3.05, 3.63) is 71.0 Å². The summed E-state index contributed by atoms with van der Waals surface area (Å²) in [5.41, 5.74) is -0.00190. The van der Waals surface area contributed by atoms with Crippen LogP contribution in [0.3, 0.4) is 0 Å². The second-order valence-corrected chi connectivity index (χ2v) is 10.8. The number of hydrogen-bond donors (Lipinski definition) is 1. The number of rotatable bonds is 8. The van der Waals surface area contributed by atoms with Crippen LogP contribution in [0.5, 0.6) is 0 Å². The fourth-order valence-electron chi connectivity index (χ4n) is 4.70. The lowest BCUT2D eigenvalue weighted by atomic mass is 9.95. The largest absolute Gasteiger partial charge is 0.507 e. The summed E-state index contributed by atoms with van der Waals surface area (Å²) in [6.07, 6.45) is 3.01. The van der Waals surface area contributed by atoms with E-state index in [0.29, 0.717) is 26.1 Å². The third-order valence-electron chi connectivity index (χ3n) is 6.57. The summed E-state index contributed by atoms with van der Waals surface area (Å²) in [7, 11) is -2.17. The molecule has 1 unspecified atom stereocenters. The topological polar surface area (TPSA) is 104 Å². The predicted molar refractivity (Wildman–Crippen MR) is 131 cm³/mol. The van der Waals surface area contributed by atoms with Gasteiger partial charge in [-0.2, -0.15) is 4.31 Å². The number of benzene rings is 2. The van der Waals surface area contributed by atoms with Crippen molar-refractivity contribution in [1.82, 2.24) is 9.21 Å². The maximum Gasteiger partial charge on any atom is 0.295 e. The number of sulfonamides is 1. The molecule has 0 spiro atoms. The third kappa shape index (κ3) is 4.93. The number of aliphatic hydroxyl groups is 1. The second-order valence-electron chi connectivity index (χ2n) is 8.85. The number of amides is 1. The average molecular weight is 517 g/mol. The molecule has 2 saturated heterocycles. The van der Waals surface area contributed by atoms with Crippen molar-refractivity contribution in [3.63, 3.8) is 0 Å². The summed E-state index contributed by atoms with van der Waals surface area (Å²) in [6.45, 7) is 1.37. The highest BCUT2D eigenvalue weighted by atomic mass is 32.2. The SMILES string of the molecule is COCCCN1C(=O)C(=O)C(=C(O)c2ccc(S(=O)(=O)N3CCCCC3)cc2)C1c1ccccc1F. The number of aliphatic hydroxyl groups excluding tert-OH is 1. The van der Waals surface area contributed by atoms with E-state index < -0.39 is 39.3 Å². The Kier molecular flexibility index (Phi) is 7.87. The highest BCUT2D eigenvalue weighted by Crippen LogP contribution is 2.40. The Balaban J connectivity index is 1.73. The number of hydrogen-bond acceptors (Lipinski definition) is 6. The van der Waals surface area contributed by atoms with Crippen molar-refractivity contribution < 1.29 is 32.2 Å². The first-order valence-electron chi connectivity index (χ1n) is 11.9. The molecule has 2 heterocycles. The van der Waals surface area contributed by atoms with Crippen molar-refractivity contribution in [1.29, 1.82) is 0 Å². The number of methoxy groups -OCH3 is 1. The van der Waals surface area contributed by atoms with Gasteiger partial charge in [-0.15, -0.1) is 0 Å². The zero-order valence-corrected chi connectivity index (χ0v) is 20.8. The van der Waals surface area contributed by atoms with E-state index in [1.807, 2.05) is 0 Å². The van der Waals surface area contributed by atoms with Gasteiger partial charge in [0.2, 0.25) is 10.0 Å². The van der Waals surface area contributed by atoms with Crippen LogP contribution in [0.4, 0.5) is 4.39 Å². The number of halogens is 1. The molecule has 2 aliphatic rings. The summed E-state index contributed by atoms with van der Waals surface area (Å²) < 4.78 is 47.2. The maximum absolute atomic E-state index is 14.8. The van der Waals surface area contributed by atoms with E-state index in [1.54, 1.807) is 6.07 Å². The summed E-state index contributed by atoms with van der Waals surface area (Å²) in [5, 5.41) is 11.1. The quantitative estimate of drug-likeness (QED) is 0.249. The van der Waals surface area contributed by atoms with E-state index in [-0.39, 0.29) is 28.1 Å². The number of nitrogens with zero attached hydrogens (tertiary/aromatic N) is 2. The normalized spacial score (nSPS) is 20.7. The molecule has 2 aromatic rings. The van der Waals surface area contributed by atoms with Crippen LogP contribution in [-0.2, 0) is 24.3 Å². The average Bonchev–Trinajstić information content (AvgIpc) is 3.14. The highest BCUT2D eigenvalue weighted by Gasteiger charge is 2.46. The Hall–Kier alpha value is -3.08. The van der Waals surface area contributed by atoms with Gasteiger partial charge in [0.25, 0.3) is 11.7 Å². The van der Waals surface area contributed by atoms with Crippen LogP contribution in [-0.4, -0.2) is 67.8 Å². The minimum absolute atomic E-state index is 0.0756. The summed E-state index contributed by atoms with van der Waals surface area (Å²) in [5.74, 6) is -2.87. The van der Waals surface area contributed by atoms with Crippen molar-refractivity contribution >= 4 is 27.5 Å². The Labute approximate surface area is 210 Å². The van der Waals surface area contributed by atoms with Gasteiger partial charge in [0.1, 0.15) is 11.6 Å². The fourth-order valence-corrected chi connectivity index (χ4v) is 6.22. The molecule has 0 saturated carbocycles. The molecule has 4 rings (SSSR count). The van der Waals surface area contributed by atoms with Crippen LogP contribution in [0.2, 0.25) is 0 Å². The van der Waals surface area contributed by atoms with Crippen LogP contribution in [0.15, 0.2) is 59.0 Å². The van der Waals surface area contributed by atoms with Gasteiger partial charge in [-0.1, -0.05) is 24.6 Å². The first-order chi connectivity index (χ1) is 17.3. The van der Waals surface area contributed by atoms with Crippen LogP contribution in [0.25, 0.3) is 5.76 Å². The molecular weight excluding hydrogens is 487 g/mol. The standard InChI is InChI=1S/C26H29FN2O6S/c1-35-17-7-16-29-23(20-8-3-4-9-21(20)27)22(25(31)26(29)32)24(30)18-10-12-19(13-11-18)36(33,34)28-14-5-2-6-15-28/h3-4,8-13,23,30H,2,5-7,14-17H2,1H3. The monoisotopic (exact) mass is 516 g/mol. The van der Waals surface area contributed by atoms with Crippen molar-refractivity contribution in [2.24, 2.45) is 0 Å². The predicted octanol–water partition coefficient (Wildman–Crippen LogP) is 3.46. The van der Waals surface area contributed by atoms with Crippen molar-refractivity contribution in [3.8, 4) is 0 Å². The molecule has 2 aliphatic heterocycles. The summed E-state index contributed by atoms with van der Waals surface area (Å²) in [6, 6.07) is 10.2. The lowest BCUT2D eigenvalue weighted by molar-refractivity contribution is -0.140. The third-order valence-corrected chi connectivity index (χ3v) is 8.48. The molecule has 1 amide bonds. The second kappa shape index (κ2) is 10.9. The Bertz CT molecular complexity index is 1270. The zero-order valence-electron chi connectivity index (χ0n) is 20.0. The summed E-state index contributed by atoms with van der Waals surface area (Å²) >= 11 is 0. The van der Waals surface area contributed by atoms with Gasteiger partial charge in [0, 0.05) is 44.5 Å². The van der Waals surface area contributed by atoms with Crippen molar-refractivity contribution in [2.45, 2.75) is 36.6 Å². The van der Waals surface area contributed by atoms with E-state index in [0.717, 1.165) is 19.3 Å². The minimum atomic E-state index is -3.68. The molecule has 1 atom stereocenters. The molecule has 8 nitrogen and oxygen atoms in total. The molecule has 36 heavy (non-hydrogen) atoms. The van der Waals surface area contributed by atoms with Gasteiger partial charge < -0.3 is 14.7 Å². The lowest BCUT2D eigenvalue weighted by Crippen LogP contribution is -2.35. The minimum Gasteiger partial charge on any atom is -0.507 e. The van der Waals surface area contributed by atoms with Crippen LogP contribution in [0, 0.1) is 5.82 Å². The van der Waals surface area contributed by atoms with Gasteiger partial charge in [-0.3, -0.25) is 9.59 Å². The molecule has 2 fully saturated rings. The van der Waals surface area contributed by atoms with E-state index >= 15 is 0 Å². The van der Waals surface area contributed by atoms with Gasteiger partial charge in [-0.25, -0.2) is 12.8 Å². The first kappa shape index (κ1) is 26.0. The smallest absolute Gasteiger partial charge is 0.295 e.